The van der Waals surface area contributed by atoms with E-state index in [1.54, 1.807) is 6.21 Å². The number of benzene rings is 1. The van der Waals surface area contributed by atoms with Crippen LogP contribution in [0.4, 0.5) is 5.95 Å². The monoisotopic (exact) mass is 310 g/mol. The third kappa shape index (κ3) is 3.13. The SMILES string of the molecule is CC(C)(C)c1nnc(N/N=C\c2c[nH]c3ccccc23)[nH]c1=O. The minimum absolute atomic E-state index is 0.207. The molecule has 3 aromatic rings. The van der Waals surface area contributed by atoms with E-state index in [4.69, 9.17) is 0 Å². The van der Waals surface area contributed by atoms with Crippen molar-refractivity contribution < 1.29 is 0 Å². The zero-order valence-electron chi connectivity index (χ0n) is 13.2. The van der Waals surface area contributed by atoms with Gasteiger partial charge in [0.25, 0.3) is 5.56 Å². The summed E-state index contributed by atoms with van der Waals surface area (Å²) in [5.74, 6) is 0.207. The molecule has 2 aromatic heterocycles. The third-order valence-corrected chi connectivity index (χ3v) is 3.40. The van der Waals surface area contributed by atoms with Gasteiger partial charge in [-0.15, -0.1) is 10.2 Å². The summed E-state index contributed by atoms with van der Waals surface area (Å²) in [6, 6.07) is 7.94. The molecule has 118 valence electrons. The van der Waals surface area contributed by atoms with E-state index >= 15 is 0 Å². The molecule has 7 nitrogen and oxygen atoms in total. The van der Waals surface area contributed by atoms with Crippen LogP contribution in [0.15, 0.2) is 40.4 Å². The molecule has 0 unspecified atom stereocenters. The summed E-state index contributed by atoms with van der Waals surface area (Å²) >= 11 is 0. The summed E-state index contributed by atoms with van der Waals surface area (Å²) in [6.45, 7) is 5.73. The molecule has 3 N–H and O–H groups in total. The number of aromatic nitrogens is 4. The fourth-order valence-electron chi connectivity index (χ4n) is 2.24. The topological polar surface area (TPSA) is 98.8 Å². The minimum atomic E-state index is -0.355. The van der Waals surface area contributed by atoms with E-state index in [0.29, 0.717) is 5.69 Å². The normalized spacial score (nSPS) is 12.1. The van der Waals surface area contributed by atoms with Crippen LogP contribution >= 0.6 is 0 Å². The van der Waals surface area contributed by atoms with Crippen LogP contribution in [0.25, 0.3) is 10.9 Å². The van der Waals surface area contributed by atoms with Crippen molar-refractivity contribution in [3.8, 4) is 0 Å². The second-order valence-electron chi connectivity index (χ2n) is 6.26. The van der Waals surface area contributed by atoms with Gasteiger partial charge in [0, 0.05) is 28.1 Å². The lowest BCUT2D eigenvalue weighted by atomic mass is 9.93. The molecular weight excluding hydrogens is 292 g/mol. The molecule has 0 bridgehead atoms. The molecule has 0 saturated heterocycles. The van der Waals surface area contributed by atoms with Gasteiger partial charge < -0.3 is 4.98 Å². The van der Waals surface area contributed by atoms with Crippen molar-refractivity contribution in [3.05, 3.63) is 52.1 Å². The Labute approximate surface area is 132 Å². The predicted molar refractivity (Wildman–Crippen MR) is 90.9 cm³/mol. The molecule has 0 atom stereocenters. The first kappa shape index (κ1) is 15.0. The highest BCUT2D eigenvalue weighted by Crippen LogP contribution is 2.16. The van der Waals surface area contributed by atoms with E-state index in [2.05, 4.69) is 30.7 Å². The second-order valence-corrected chi connectivity index (χ2v) is 6.26. The van der Waals surface area contributed by atoms with Crippen molar-refractivity contribution in [2.75, 3.05) is 5.43 Å². The van der Waals surface area contributed by atoms with Gasteiger partial charge in [-0.3, -0.25) is 9.78 Å². The first-order valence-corrected chi connectivity index (χ1v) is 7.28. The molecule has 1 aromatic carbocycles. The average Bonchev–Trinajstić information content (AvgIpc) is 2.90. The Morgan fingerprint density at radius 3 is 2.74 bits per heavy atom. The van der Waals surface area contributed by atoms with Crippen molar-refractivity contribution in [3.63, 3.8) is 0 Å². The molecule has 2 heterocycles. The Morgan fingerprint density at radius 1 is 1.22 bits per heavy atom. The Bertz CT molecular complexity index is 916. The number of H-pyrrole nitrogens is 2. The number of hydrogen-bond donors (Lipinski definition) is 3. The van der Waals surface area contributed by atoms with Crippen LogP contribution in [0, 0.1) is 0 Å². The molecule has 0 aliphatic carbocycles. The molecule has 0 aliphatic heterocycles. The van der Waals surface area contributed by atoms with Crippen LogP contribution in [0.1, 0.15) is 32.0 Å². The number of anilines is 1. The van der Waals surface area contributed by atoms with E-state index in [-0.39, 0.29) is 16.9 Å². The quantitative estimate of drug-likeness (QED) is 0.511. The van der Waals surface area contributed by atoms with Gasteiger partial charge in [-0.25, -0.2) is 5.43 Å². The van der Waals surface area contributed by atoms with Gasteiger partial charge in [0.15, 0.2) is 0 Å². The van der Waals surface area contributed by atoms with Gasteiger partial charge in [-0.1, -0.05) is 39.0 Å². The first-order valence-electron chi connectivity index (χ1n) is 7.28. The van der Waals surface area contributed by atoms with Crippen LogP contribution in [0.2, 0.25) is 0 Å². The van der Waals surface area contributed by atoms with E-state index in [9.17, 15) is 4.79 Å². The average molecular weight is 310 g/mol. The van der Waals surface area contributed by atoms with Crippen LogP contribution in [-0.4, -0.2) is 26.4 Å². The zero-order chi connectivity index (χ0) is 16.4. The van der Waals surface area contributed by atoms with Crippen molar-refractivity contribution in [1.82, 2.24) is 20.2 Å². The number of hydrogen-bond acceptors (Lipinski definition) is 5. The molecule has 23 heavy (non-hydrogen) atoms. The highest BCUT2D eigenvalue weighted by Gasteiger charge is 2.20. The Balaban J connectivity index is 1.78. The number of para-hydroxylation sites is 1. The van der Waals surface area contributed by atoms with E-state index in [1.165, 1.54) is 0 Å². The largest absolute Gasteiger partial charge is 0.361 e. The lowest BCUT2D eigenvalue weighted by Crippen LogP contribution is -2.28. The van der Waals surface area contributed by atoms with Gasteiger partial charge >= 0.3 is 0 Å². The molecule has 3 rings (SSSR count). The number of nitrogens with zero attached hydrogens (tertiary/aromatic N) is 3. The molecule has 0 spiro atoms. The molecule has 0 amide bonds. The van der Waals surface area contributed by atoms with Crippen LogP contribution in [0.3, 0.4) is 0 Å². The maximum Gasteiger partial charge on any atom is 0.274 e. The van der Waals surface area contributed by atoms with Crippen molar-refractivity contribution in [2.24, 2.45) is 5.10 Å². The summed E-state index contributed by atoms with van der Waals surface area (Å²) in [5, 5.41) is 13.1. The fourth-order valence-corrected chi connectivity index (χ4v) is 2.24. The standard InChI is InChI=1S/C16H18N6O/c1-16(2,3)13-14(23)19-15(22-20-13)21-18-9-10-8-17-12-7-5-4-6-11(10)12/h4-9,17H,1-3H3,(H2,19,21,22,23)/b18-9-. The highest BCUT2D eigenvalue weighted by molar-refractivity contribution is 5.99. The highest BCUT2D eigenvalue weighted by atomic mass is 16.1. The molecule has 0 saturated carbocycles. The van der Waals surface area contributed by atoms with E-state index in [0.717, 1.165) is 16.5 Å². The second kappa shape index (κ2) is 5.68. The molecular formula is C16H18N6O. The number of fused-ring (bicyclic) bond motifs is 1. The molecule has 7 heteroatoms. The van der Waals surface area contributed by atoms with Gasteiger partial charge in [0.1, 0.15) is 5.69 Å². The lowest BCUT2D eigenvalue weighted by molar-refractivity contribution is 0.547. The maximum absolute atomic E-state index is 12.0. The van der Waals surface area contributed by atoms with Crippen molar-refractivity contribution in [1.29, 1.82) is 0 Å². The number of nitrogens with one attached hydrogen (secondary N) is 3. The summed E-state index contributed by atoms with van der Waals surface area (Å²) in [7, 11) is 0. The first-order chi connectivity index (χ1) is 10.9. The molecule has 0 radical (unpaired) electrons. The summed E-state index contributed by atoms with van der Waals surface area (Å²) in [5.41, 5.74) is 4.44. The Kier molecular flexibility index (Phi) is 3.69. The van der Waals surface area contributed by atoms with E-state index in [1.807, 2.05) is 51.2 Å². The summed E-state index contributed by atoms with van der Waals surface area (Å²) in [4.78, 5) is 17.8. The van der Waals surface area contributed by atoms with E-state index < -0.39 is 0 Å². The number of hydrazone groups is 1. The van der Waals surface area contributed by atoms with Crippen LogP contribution in [0.5, 0.6) is 0 Å². The third-order valence-electron chi connectivity index (χ3n) is 3.40. The molecule has 0 fully saturated rings. The smallest absolute Gasteiger partial charge is 0.274 e. The Hall–Kier alpha value is -2.96. The predicted octanol–water partition coefficient (Wildman–Crippen LogP) is 2.39. The van der Waals surface area contributed by atoms with Crippen LogP contribution < -0.4 is 11.0 Å². The van der Waals surface area contributed by atoms with Gasteiger partial charge in [-0.05, 0) is 6.07 Å². The molecule has 0 aliphatic rings. The zero-order valence-corrected chi connectivity index (χ0v) is 13.2. The maximum atomic E-state index is 12.0. The minimum Gasteiger partial charge on any atom is -0.361 e. The van der Waals surface area contributed by atoms with Gasteiger partial charge in [0.05, 0.1) is 6.21 Å². The Morgan fingerprint density at radius 2 is 2.00 bits per heavy atom. The van der Waals surface area contributed by atoms with Gasteiger partial charge in [-0.2, -0.15) is 5.10 Å². The van der Waals surface area contributed by atoms with Crippen molar-refractivity contribution >= 4 is 23.1 Å². The summed E-state index contributed by atoms with van der Waals surface area (Å²) < 4.78 is 0. The number of rotatable bonds is 3. The number of aromatic amines is 2. The lowest BCUT2D eigenvalue weighted by Gasteiger charge is -2.15. The fraction of sp³-hybridized carbons (Fsp3) is 0.250. The van der Waals surface area contributed by atoms with Gasteiger partial charge in [0.2, 0.25) is 5.95 Å². The van der Waals surface area contributed by atoms with Crippen LogP contribution in [-0.2, 0) is 5.41 Å². The summed E-state index contributed by atoms with van der Waals surface area (Å²) in [6.07, 6.45) is 3.53. The van der Waals surface area contributed by atoms with Crippen molar-refractivity contribution in [2.45, 2.75) is 26.2 Å².